The second-order valence-electron chi connectivity index (χ2n) is 8.55. The first-order valence-corrected chi connectivity index (χ1v) is 11.8. The lowest BCUT2D eigenvalue weighted by Crippen LogP contribution is -2.48. The molecule has 30 heavy (non-hydrogen) atoms. The Labute approximate surface area is 183 Å². The van der Waals surface area contributed by atoms with Crippen LogP contribution in [0, 0.1) is 0 Å². The maximum absolute atomic E-state index is 13.0. The van der Waals surface area contributed by atoms with Crippen LogP contribution >= 0.6 is 11.6 Å². The van der Waals surface area contributed by atoms with E-state index >= 15 is 0 Å². The number of rotatable bonds is 5. The molecule has 2 aromatic carbocycles. The molecule has 0 atom stereocenters. The van der Waals surface area contributed by atoms with Crippen LogP contribution in [0.25, 0.3) is 0 Å². The van der Waals surface area contributed by atoms with Gasteiger partial charge in [0.05, 0.1) is 5.02 Å². The molecule has 162 valence electrons. The van der Waals surface area contributed by atoms with Gasteiger partial charge >= 0.3 is 0 Å². The van der Waals surface area contributed by atoms with Crippen LogP contribution in [0.15, 0.2) is 53.4 Å². The second kappa shape index (κ2) is 9.06. The Morgan fingerprint density at radius 2 is 1.67 bits per heavy atom. The predicted octanol–water partition coefficient (Wildman–Crippen LogP) is 3.37. The highest BCUT2D eigenvalue weighted by Gasteiger charge is 2.27. The minimum absolute atomic E-state index is 0.0762. The fraction of sp³-hybridized carbons (Fsp3) is 0.409. The summed E-state index contributed by atoms with van der Waals surface area (Å²) in [7, 11) is -3.84. The number of piperazine rings is 1. The highest BCUT2D eigenvalue weighted by molar-refractivity contribution is 7.89. The Morgan fingerprint density at radius 3 is 2.27 bits per heavy atom. The van der Waals surface area contributed by atoms with E-state index in [2.05, 4.69) is 21.8 Å². The molecule has 1 saturated heterocycles. The van der Waals surface area contributed by atoms with Crippen molar-refractivity contribution in [2.75, 3.05) is 26.2 Å². The first-order valence-electron chi connectivity index (χ1n) is 9.94. The van der Waals surface area contributed by atoms with Crippen molar-refractivity contribution in [1.82, 2.24) is 14.5 Å². The van der Waals surface area contributed by atoms with Gasteiger partial charge < -0.3 is 4.90 Å². The minimum Gasteiger partial charge on any atom is -0.336 e. The van der Waals surface area contributed by atoms with Crippen molar-refractivity contribution in [3.63, 3.8) is 0 Å². The number of hydrogen-bond donors (Lipinski definition) is 1. The van der Waals surface area contributed by atoms with E-state index in [1.165, 1.54) is 17.7 Å². The fourth-order valence-electron chi connectivity index (χ4n) is 3.43. The zero-order chi connectivity index (χ0) is 21.9. The smallest absolute Gasteiger partial charge is 0.253 e. The Morgan fingerprint density at radius 1 is 1.03 bits per heavy atom. The zero-order valence-electron chi connectivity index (χ0n) is 17.6. The van der Waals surface area contributed by atoms with Gasteiger partial charge in [-0.1, -0.05) is 41.9 Å². The summed E-state index contributed by atoms with van der Waals surface area (Å²) in [4.78, 5) is 17.0. The van der Waals surface area contributed by atoms with E-state index in [4.69, 9.17) is 11.6 Å². The molecule has 8 heteroatoms. The monoisotopic (exact) mass is 449 g/mol. The van der Waals surface area contributed by atoms with Gasteiger partial charge in [0.25, 0.3) is 5.91 Å². The van der Waals surface area contributed by atoms with E-state index in [0.717, 1.165) is 19.6 Å². The van der Waals surface area contributed by atoms with Gasteiger partial charge in [0, 0.05) is 43.8 Å². The second-order valence-corrected chi connectivity index (χ2v) is 10.6. The van der Waals surface area contributed by atoms with Crippen LogP contribution in [0.5, 0.6) is 0 Å². The summed E-state index contributed by atoms with van der Waals surface area (Å²) >= 11 is 6.15. The number of hydrogen-bond acceptors (Lipinski definition) is 4. The molecule has 0 bridgehead atoms. The van der Waals surface area contributed by atoms with Crippen molar-refractivity contribution in [1.29, 1.82) is 0 Å². The van der Waals surface area contributed by atoms with Crippen molar-refractivity contribution < 1.29 is 13.2 Å². The van der Waals surface area contributed by atoms with Crippen molar-refractivity contribution in [3.8, 4) is 0 Å². The van der Waals surface area contributed by atoms with Crippen molar-refractivity contribution in [2.24, 2.45) is 0 Å². The van der Waals surface area contributed by atoms with Gasteiger partial charge in [0.1, 0.15) is 4.90 Å². The van der Waals surface area contributed by atoms with Gasteiger partial charge in [-0.3, -0.25) is 9.69 Å². The first kappa shape index (κ1) is 22.7. The van der Waals surface area contributed by atoms with Crippen LogP contribution in [0.2, 0.25) is 5.02 Å². The summed E-state index contributed by atoms with van der Waals surface area (Å²) in [5.74, 6) is -0.182. The molecule has 0 radical (unpaired) electrons. The van der Waals surface area contributed by atoms with Gasteiger partial charge in [-0.25, -0.2) is 13.1 Å². The van der Waals surface area contributed by atoms with Crippen LogP contribution in [0.1, 0.15) is 36.7 Å². The average Bonchev–Trinajstić information content (AvgIpc) is 2.67. The normalized spacial score (nSPS) is 15.9. The fourth-order valence-corrected chi connectivity index (χ4v) is 5.38. The molecule has 3 rings (SSSR count). The van der Waals surface area contributed by atoms with E-state index in [1.807, 2.05) is 18.2 Å². The lowest BCUT2D eigenvalue weighted by molar-refractivity contribution is 0.0628. The van der Waals surface area contributed by atoms with E-state index in [9.17, 15) is 13.2 Å². The molecular formula is C22H28ClN3O3S. The van der Waals surface area contributed by atoms with E-state index in [1.54, 1.807) is 31.7 Å². The highest BCUT2D eigenvalue weighted by Crippen LogP contribution is 2.25. The van der Waals surface area contributed by atoms with Gasteiger partial charge in [-0.15, -0.1) is 0 Å². The number of halogens is 1. The van der Waals surface area contributed by atoms with Crippen molar-refractivity contribution in [3.05, 3.63) is 64.7 Å². The largest absolute Gasteiger partial charge is 0.336 e. The number of amides is 1. The topological polar surface area (TPSA) is 69.7 Å². The molecule has 1 amide bonds. The molecule has 6 nitrogen and oxygen atoms in total. The minimum atomic E-state index is -3.84. The van der Waals surface area contributed by atoms with E-state index < -0.39 is 15.6 Å². The third-order valence-corrected chi connectivity index (χ3v) is 7.06. The third kappa shape index (κ3) is 5.82. The number of benzene rings is 2. The lowest BCUT2D eigenvalue weighted by Gasteiger charge is -2.35. The number of carbonyl (C=O) groups excluding carboxylic acids is 1. The summed E-state index contributed by atoms with van der Waals surface area (Å²) in [6.07, 6.45) is 0. The van der Waals surface area contributed by atoms with Crippen LogP contribution in [-0.4, -0.2) is 55.8 Å². The zero-order valence-corrected chi connectivity index (χ0v) is 19.1. The predicted molar refractivity (Wildman–Crippen MR) is 119 cm³/mol. The van der Waals surface area contributed by atoms with Gasteiger partial charge in [0.15, 0.2) is 0 Å². The van der Waals surface area contributed by atoms with E-state index in [0.29, 0.717) is 18.7 Å². The number of nitrogens with zero attached hydrogens (tertiary/aromatic N) is 2. The van der Waals surface area contributed by atoms with Crippen LogP contribution in [0.3, 0.4) is 0 Å². The third-order valence-electron chi connectivity index (χ3n) is 4.82. The molecule has 1 aliphatic heterocycles. The molecule has 0 saturated carbocycles. The summed E-state index contributed by atoms with van der Waals surface area (Å²) in [5.41, 5.74) is 0.915. The van der Waals surface area contributed by atoms with Gasteiger partial charge in [0.2, 0.25) is 10.0 Å². The summed E-state index contributed by atoms with van der Waals surface area (Å²) in [5, 5.41) is 0.0935. The SMILES string of the molecule is CC(C)(C)NS(=O)(=O)c1cc(C(=O)N2CCN(Cc3ccccc3)CC2)ccc1Cl. The molecule has 1 heterocycles. The standard InChI is InChI=1S/C22H28ClN3O3S/c1-22(2,3)24-30(28,29)20-15-18(9-10-19(20)23)21(27)26-13-11-25(12-14-26)16-17-7-5-4-6-8-17/h4-10,15,24H,11-14,16H2,1-3H3. The summed E-state index contributed by atoms with van der Waals surface area (Å²) in [6, 6.07) is 14.7. The molecule has 2 aromatic rings. The van der Waals surface area contributed by atoms with Crippen LogP contribution in [-0.2, 0) is 16.6 Å². The van der Waals surface area contributed by atoms with E-state index in [-0.39, 0.29) is 15.8 Å². The number of nitrogens with one attached hydrogen (secondary N) is 1. The Bertz CT molecular complexity index is 996. The highest BCUT2D eigenvalue weighted by atomic mass is 35.5. The molecule has 0 unspecified atom stereocenters. The molecule has 0 aromatic heterocycles. The van der Waals surface area contributed by atoms with Crippen LogP contribution in [0.4, 0.5) is 0 Å². The Hall–Kier alpha value is -1.93. The van der Waals surface area contributed by atoms with Crippen molar-refractivity contribution in [2.45, 2.75) is 37.8 Å². The lowest BCUT2D eigenvalue weighted by atomic mass is 10.1. The maximum Gasteiger partial charge on any atom is 0.253 e. The molecule has 1 N–H and O–H groups in total. The summed E-state index contributed by atoms with van der Waals surface area (Å²) < 4.78 is 28.0. The van der Waals surface area contributed by atoms with Gasteiger partial charge in [-0.05, 0) is 44.5 Å². The quantitative estimate of drug-likeness (QED) is 0.759. The molecule has 0 spiro atoms. The number of sulfonamides is 1. The molecule has 0 aliphatic carbocycles. The molecule has 1 aliphatic rings. The molecule has 1 fully saturated rings. The summed E-state index contributed by atoms with van der Waals surface area (Å²) in [6.45, 7) is 8.83. The molecular weight excluding hydrogens is 422 g/mol. The Kier molecular flexibility index (Phi) is 6.87. The Balaban J connectivity index is 1.69. The van der Waals surface area contributed by atoms with Crippen molar-refractivity contribution >= 4 is 27.5 Å². The first-order chi connectivity index (χ1) is 14.0. The van der Waals surface area contributed by atoms with Gasteiger partial charge in [-0.2, -0.15) is 0 Å². The van der Waals surface area contributed by atoms with Crippen LogP contribution < -0.4 is 4.72 Å². The maximum atomic E-state index is 13.0. The average molecular weight is 450 g/mol. The number of carbonyl (C=O) groups is 1.